The highest BCUT2D eigenvalue weighted by Crippen LogP contribution is 2.34. The van der Waals surface area contributed by atoms with E-state index < -0.39 is 17.6 Å². The van der Waals surface area contributed by atoms with Gasteiger partial charge >= 0.3 is 6.18 Å². The molecule has 1 rings (SSSR count). The zero-order valence-electron chi connectivity index (χ0n) is 6.06. The van der Waals surface area contributed by atoms with E-state index in [0.29, 0.717) is 0 Å². The fraction of sp³-hybridized carbons (Fsp3) is 0.167. The largest absolute Gasteiger partial charge is 0.420 e. The van der Waals surface area contributed by atoms with Crippen LogP contribution in [0.2, 0.25) is 0 Å². The molecule has 0 saturated carbocycles. The summed E-state index contributed by atoms with van der Waals surface area (Å²) in [6.45, 7) is 0. The summed E-state index contributed by atoms with van der Waals surface area (Å²) in [6, 6.07) is 0.825. The van der Waals surface area contributed by atoms with Crippen LogP contribution in [0.1, 0.15) is 5.56 Å². The van der Waals surface area contributed by atoms with Crippen molar-refractivity contribution in [3.63, 3.8) is 0 Å². The molecule has 0 unspecified atom stereocenters. The predicted molar refractivity (Wildman–Crippen MR) is 42.3 cm³/mol. The van der Waals surface area contributed by atoms with E-state index in [-0.39, 0.29) is 4.47 Å². The predicted octanol–water partition coefficient (Wildman–Crippen LogP) is 2.66. The second kappa shape index (κ2) is 3.51. The van der Waals surface area contributed by atoms with Crippen LogP contribution in [0, 0.1) is 0 Å². The van der Waals surface area contributed by atoms with Crippen molar-refractivity contribution in [2.75, 3.05) is 5.48 Å². The van der Waals surface area contributed by atoms with Gasteiger partial charge in [-0.2, -0.15) is 13.2 Å². The third-order valence-electron chi connectivity index (χ3n) is 1.27. The lowest BCUT2D eigenvalue weighted by Crippen LogP contribution is -2.10. The molecule has 2 N–H and O–H groups in total. The molecule has 0 aliphatic carbocycles. The standard InChI is InChI=1S/C6H4BrF3N2O/c7-3-1-4(6(8,9)10)5(12-13)11-2-3/h1-2,13H,(H,11,12). The molecule has 0 atom stereocenters. The Hall–Kier alpha value is -0.820. The van der Waals surface area contributed by atoms with Crippen molar-refractivity contribution in [3.8, 4) is 0 Å². The third kappa shape index (κ3) is 2.31. The number of alkyl halides is 3. The number of hydrogen-bond donors (Lipinski definition) is 2. The maximum absolute atomic E-state index is 12.2. The van der Waals surface area contributed by atoms with Crippen molar-refractivity contribution in [1.29, 1.82) is 0 Å². The number of halogens is 4. The summed E-state index contributed by atoms with van der Waals surface area (Å²) in [4.78, 5) is 3.34. The number of hydrogen-bond acceptors (Lipinski definition) is 3. The first-order valence-electron chi connectivity index (χ1n) is 3.08. The fourth-order valence-corrected chi connectivity index (χ4v) is 1.08. The van der Waals surface area contributed by atoms with E-state index in [1.807, 2.05) is 0 Å². The molecule has 0 fully saturated rings. The fourth-order valence-electron chi connectivity index (χ4n) is 0.744. The smallest absolute Gasteiger partial charge is 0.290 e. The van der Waals surface area contributed by atoms with Gasteiger partial charge in [0.1, 0.15) is 5.56 Å². The second-order valence-corrected chi connectivity index (χ2v) is 3.07. The summed E-state index contributed by atoms with van der Waals surface area (Å²) >= 11 is 2.85. The summed E-state index contributed by atoms with van der Waals surface area (Å²) < 4.78 is 36.8. The number of nitrogens with one attached hydrogen (secondary N) is 1. The number of anilines is 1. The first kappa shape index (κ1) is 10.3. The van der Waals surface area contributed by atoms with Crippen molar-refractivity contribution in [2.24, 2.45) is 0 Å². The summed E-state index contributed by atoms with van der Waals surface area (Å²) in [6.07, 6.45) is -3.39. The Kier molecular flexibility index (Phi) is 2.77. The molecular weight excluding hydrogens is 253 g/mol. The first-order valence-corrected chi connectivity index (χ1v) is 3.87. The second-order valence-electron chi connectivity index (χ2n) is 2.16. The van der Waals surface area contributed by atoms with E-state index >= 15 is 0 Å². The average molecular weight is 257 g/mol. The molecule has 1 aromatic heterocycles. The van der Waals surface area contributed by atoms with Crippen LogP contribution in [0.15, 0.2) is 16.7 Å². The van der Waals surface area contributed by atoms with Crippen molar-refractivity contribution >= 4 is 21.7 Å². The van der Waals surface area contributed by atoms with Crippen molar-refractivity contribution in [2.45, 2.75) is 6.18 Å². The van der Waals surface area contributed by atoms with Gasteiger partial charge in [0.25, 0.3) is 0 Å². The van der Waals surface area contributed by atoms with Crippen LogP contribution in [-0.2, 0) is 6.18 Å². The maximum Gasteiger partial charge on any atom is 0.420 e. The molecule has 1 aromatic rings. The van der Waals surface area contributed by atoms with Crippen molar-refractivity contribution < 1.29 is 18.4 Å². The Bertz CT molecular complexity index is 315. The lowest BCUT2D eigenvalue weighted by molar-refractivity contribution is -0.137. The number of nitrogens with zero attached hydrogens (tertiary/aromatic N) is 1. The van der Waals surface area contributed by atoms with E-state index in [1.165, 1.54) is 5.48 Å². The quantitative estimate of drug-likeness (QED) is 0.760. The van der Waals surface area contributed by atoms with E-state index in [4.69, 9.17) is 5.21 Å². The molecular formula is C6H4BrF3N2O. The molecule has 72 valence electrons. The Morgan fingerprint density at radius 2 is 2.08 bits per heavy atom. The highest BCUT2D eigenvalue weighted by atomic mass is 79.9. The van der Waals surface area contributed by atoms with Gasteiger partial charge in [-0.3, -0.25) is 10.7 Å². The molecule has 0 bridgehead atoms. The van der Waals surface area contributed by atoms with Gasteiger partial charge in [0.05, 0.1) is 0 Å². The van der Waals surface area contributed by atoms with Gasteiger partial charge < -0.3 is 0 Å². The molecule has 7 heteroatoms. The minimum absolute atomic E-state index is 0.193. The molecule has 0 spiro atoms. The maximum atomic E-state index is 12.2. The van der Waals surface area contributed by atoms with Crippen LogP contribution in [0.4, 0.5) is 19.0 Å². The van der Waals surface area contributed by atoms with Gasteiger partial charge in [-0.05, 0) is 22.0 Å². The Labute approximate surface area is 79.7 Å². The molecule has 3 nitrogen and oxygen atoms in total. The van der Waals surface area contributed by atoms with E-state index in [2.05, 4.69) is 20.9 Å². The van der Waals surface area contributed by atoms with Crippen molar-refractivity contribution in [1.82, 2.24) is 4.98 Å². The van der Waals surface area contributed by atoms with Crippen LogP contribution in [0.3, 0.4) is 0 Å². The minimum Gasteiger partial charge on any atom is -0.290 e. The lowest BCUT2D eigenvalue weighted by atomic mass is 10.2. The molecule has 0 saturated heterocycles. The molecule has 0 radical (unpaired) electrons. The summed E-state index contributed by atoms with van der Waals surface area (Å²) in [5.74, 6) is -0.615. The first-order chi connectivity index (χ1) is 5.95. The van der Waals surface area contributed by atoms with Crippen LogP contribution >= 0.6 is 15.9 Å². The van der Waals surface area contributed by atoms with Crippen LogP contribution < -0.4 is 5.48 Å². The van der Waals surface area contributed by atoms with E-state index in [9.17, 15) is 13.2 Å². The van der Waals surface area contributed by atoms with Gasteiger partial charge in [-0.25, -0.2) is 4.98 Å². The Morgan fingerprint density at radius 3 is 2.54 bits per heavy atom. The molecule has 0 aromatic carbocycles. The van der Waals surface area contributed by atoms with E-state index in [1.54, 1.807) is 0 Å². The zero-order chi connectivity index (χ0) is 10.1. The third-order valence-corrected chi connectivity index (χ3v) is 1.70. The zero-order valence-corrected chi connectivity index (χ0v) is 7.65. The highest BCUT2D eigenvalue weighted by Gasteiger charge is 2.34. The molecule has 0 amide bonds. The number of aromatic nitrogens is 1. The summed E-state index contributed by atoms with van der Waals surface area (Å²) in [5.41, 5.74) is 0.354. The van der Waals surface area contributed by atoms with Gasteiger partial charge in [-0.1, -0.05) is 0 Å². The van der Waals surface area contributed by atoms with Crippen molar-refractivity contribution in [3.05, 3.63) is 22.3 Å². The van der Waals surface area contributed by atoms with Gasteiger partial charge in [-0.15, -0.1) is 0 Å². The van der Waals surface area contributed by atoms with Gasteiger partial charge in [0.15, 0.2) is 5.82 Å². The normalized spacial score (nSPS) is 11.5. The average Bonchev–Trinajstić information content (AvgIpc) is 2.03. The molecule has 0 aliphatic rings. The topological polar surface area (TPSA) is 45.1 Å². The number of rotatable bonds is 1. The minimum atomic E-state index is -4.54. The SMILES string of the molecule is ONc1ncc(Br)cc1C(F)(F)F. The monoisotopic (exact) mass is 256 g/mol. The molecule has 0 aliphatic heterocycles. The van der Waals surface area contributed by atoms with Crippen LogP contribution in [0.25, 0.3) is 0 Å². The van der Waals surface area contributed by atoms with Crippen LogP contribution in [-0.4, -0.2) is 10.2 Å². The van der Waals surface area contributed by atoms with Gasteiger partial charge in [0.2, 0.25) is 0 Å². The highest BCUT2D eigenvalue weighted by molar-refractivity contribution is 9.10. The van der Waals surface area contributed by atoms with Crippen LogP contribution in [0.5, 0.6) is 0 Å². The summed E-state index contributed by atoms with van der Waals surface area (Å²) in [7, 11) is 0. The molecule has 13 heavy (non-hydrogen) atoms. The molecule has 1 heterocycles. The Balaban J connectivity index is 3.24. The number of pyridine rings is 1. The van der Waals surface area contributed by atoms with E-state index in [0.717, 1.165) is 12.3 Å². The lowest BCUT2D eigenvalue weighted by Gasteiger charge is -2.10. The summed E-state index contributed by atoms with van der Waals surface area (Å²) in [5, 5.41) is 8.34. The van der Waals surface area contributed by atoms with Gasteiger partial charge in [0, 0.05) is 10.7 Å². The Morgan fingerprint density at radius 1 is 1.46 bits per heavy atom.